The Morgan fingerprint density at radius 3 is 1.57 bits per heavy atom. The van der Waals surface area contributed by atoms with E-state index in [-0.39, 0.29) is 17.4 Å². The summed E-state index contributed by atoms with van der Waals surface area (Å²) in [5, 5.41) is 0. The Labute approximate surface area is 56.4 Å². The van der Waals surface area contributed by atoms with Crippen molar-refractivity contribution in [2.24, 2.45) is 0 Å². The number of hydrogen-bond acceptors (Lipinski definition) is 1. The average Bonchev–Trinajstić information content (AvgIpc) is 1.65. The first-order valence-electron chi connectivity index (χ1n) is 2.33. The normalized spacial score (nSPS) is 8.43. The first-order valence-corrected chi connectivity index (χ1v) is 4.15. The maximum Gasteiger partial charge on any atom is 0.0756 e. The molecule has 0 aliphatic rings. The monoisotopic (exact) mass is 158 g/mol. The van der Waals surface area contributed by atoms with E-state index >= 15 is 0 Å². The van der Waals surface area contributed by atoms with Crippen molar-refractivity contribution >= 4 is 7.80 Å². The molecule has 0 radical (unpaired) electrons. The molecule has 0 aromatic heterocycles. The summed E-state index contributed by atoms with van der Waals surface area (Å²) in [5.74, 6) is 0. The molecule has 0 heterocycles. The van der Waals surface area contributed by atoms with E-state index in [4.69, 9.17) is 0 Å². The van der Waals surface area contributed by atoms with Gasteiger partial charge in [0.1, 0.15) is 0 Å². The molecule has 0 aliphatic heterocycles. The fraction of sp³-hybridized carbons (Fsp3) is 1.00. The van der Waals surface area contributed by atoms with E-state index in [0.29, 0.717) is 0 Å². The van der Waals surface area contributed by atoms with Gasteiger partial charge in [-0.15, -0.1) is 0 Å². The van der Waals surface area contributed by atoms with Gasteiger partial charge in [0, 0.05) is 17.4 Å². The van der Waals surface area contributed by atoms with E-state index < -0.39 is 7.80 Å². The summed E-state index contributed by atoms with van der Waals surface area (Å²) in [4.78, 5) is 0. The predicted molar refractivity (Wildman–Crippen MR) is 30.1 cm³/mol. The van der Waals surface area contributed by atoms with E-state index in [0.717, 1.165) is 12.3 Å². The van der Waals surface area contributed by atoms with Gasteiger partial charge in [-0.25, -0.2) is 0 Å². The van der Waals surface area contributed by atoms with Crippen molar-refractivity contribution in [3.8, 4) is 0 Å². The van der Waals surface area contributed by atoms with Gasteiger partial charge in [0.05, 0.1) is 7.80 Å². The third-order valence-electron chi connectivity index (χ3n) is 0.789. The molecule has 0 saturated carbocycles. The van der Waals surface area contributed by atoms with Gasteiger partial charge in [0.15, 0.2) is 0 Å². The molecule has 0 aromatic carbocycles. The van der Waals surface area contributed by atoms with Gasteiger partial charge in [0.25, 0.3) is 0 Å². The molecule has 0 N–H and O–H groups in total. The standard InChI is InChI=1S/C4H11OP.Cr/c1-3-6(5)4-2;/h6H,3-4H2,1-2H3;. The topological polar surface area (TPSA) is 17.1 Å². The third-order valence-corrected chi connectivity index (χ3v) is 2.37. The SMILES string of the molecule is CC[PH](=O)CC.[Cr]. The second-order valence-electron chi connectivity index (χ2n) is 1.25. The minimum Gasteiger partial charge on any atom is -0.327 e. The Morgan fingerprint density at radius 2 is 1.57 bits per heavy atom. The van der Waals surface area contributed by atoms with Crippen LogP contribution in [0.15, 0.2) is 0 Å². The molecule has 0 atom stereocenters. The Kier molecular flexibility index (Phi) is 10.3. The van der Waals surface area contributed by atoms with Crippen molar-refractivity contribution in [1.82, 2.24) is 0 Å². The summed E-state index contributed by atoms with van der Waals surface area (Å²) >= 11 is 0. The van der Waals surface area contributed by atoms with E-state index in [1.165, 1.54) is 0 Å². The van der Waals surface area contributed by atoms with Crippen molar-refractivity contribution in [1.29, 1.82) is 0 Å². The Morgan fingerprint density at radius 1 is 1.29 bits per heavy atom. The molecule has 7 heavy (non-hydrogen) atoms. The minimum atomic E-state index is -1.12. The minimum absolute atomic E-state index is 0. The molecular formula is C4H11CrOP. The number of hydrogen-bond donors (Lipinski definition) is 0. The van der Waals surface area contributed by atoms with Crippen LogP contribution in [0.4, 0.5) is 0 Å². The van der Waals surface area contributed by atoms with Crippen LogP contribution in [0.2, 0.25) is 0 Å². The van der Waals surface area contributed by atoms with Gasteiger partial charge in [-0.05, 0) is 12.3 Å². The van der Waals surface area contributed by atoms with Crippen molar-refractivity contribution in [2.75, 3.05) is 12.3 Å². The Hall–Kier alpha value is 0.762. The van der Waals surface area contributed by atoms with Crippen LogP contribution in [0.3, 0.4) is 0 Å². The molecule has 1 nitrogen and oxygen atoms in total. The smallest absolute Gasteiger partial charge is 0.0756 e. The predicted octanol–water partition coefficient (Wildman–Crippen LogP) is 1.58. The first kappa shape index (κ1) is 10.7. The first-order chi connectivity index (χ1) is 2.81. The van der Waals surface area contributed by atoms with Crippen LogP contribution in [-0.4, -0.2) is 12.3 Å². The summed E-state index contributed by atoms with van der Waals surface area (Å²) in [7, 11) is -1.12. The molecule has 0 saturated heterocycles. The summed E-state index contributed by atoms with van der Waals surface area (Å²) < 4.78 is 10.4. The van der Waals surface area contributed by atoms with E-state index in [1.54, 1.807) is 0 Å². The van der Waals surface area contributed by atoms with Crippen molar-refractivity contribution in [2.45, 2.75) is 13.8 Å². The van der Waals surface area contributed by atoms with Gasteiger partial charge < -0.3 is 4.57 Å². The second-order valence-corrected chi connectivity index (χ2v) is 3.74. The van der Waals surface area contributed by atoms with Gasteiger partial charge >= 0.3 is 0 Å². The van der Waals surface area contributed by atoms with Crippen LogP contribution in [0.25, 0.3) is 0 Å². The fourth-order valence-corrected chi connectivity index (χ4v) is 0.750. The van der Waals surface area contributed by atoms with Crippen molar-refractivity contribution in [3.63, 3.8) is 0 Å². The van der Waals surface area contributed by atoms with Crippen LogP contribution >= 0.6 is 7.80 Å². The molecule has 3 heteroatoms. The van der Waals surface area contributed by atoms with Gasteiger partial charge in [0.2, 0.25) is 0 Å². The van der Waals surface area contributed by atoms with Crippen LogP contribution < -0.4 is 0 Å². The van der Waals surface area contributed by atoms with E-state index in [1.807, 2.05) is 13.8 Å². The van der Waals surface area contributed by atoms with Crippen molar-refractivity contribution in [3.05, 3.63) is 0 Å². The zero-order chi connectivity index (χ0) is 4.99. The van der Waals surface area contributed by atoms with Crippen LogP contribution in [-0.2, 0) is 21.9 Å². The van der Waals surface area contributed by atoms with Gasteiger partial charge in [-0.1, -0.05) is 13.8 Å². The molecular weight excluding hydrogens is 147 g/mol. The zero-order valence-electron chi connectivity index (χ0n) is 4.73. The van der Waals surface area contributed by atoms with E-state index in [9.17, 15) is 4.57 Å². The maximum absolute atomic E-state index is 10.4. The molecule has 0 fully saturated rings. The van der Waals surface area contributed by atoms with Crippen LogP contribution in [0.5, 0.6) is 0 Å². The molecule has 0 rings (SSSR count). The van der Waals surface area contributed by atoms with Gasteiger partial charge in [-0.2, -0.15) is 0 Å². The third kappa shape index (κ3) is 6.76. The quantitative estimate of drug-likeness (QED) is 0.557. The second kappa shape index (κ2) is 6.76. The average molecular weight is 158 g/mol. The Balaban J connectivity index is 0. The van der Waals surface area contributed by atoms with E-state index in [2.05, 4.69) is 0 Å². The van der Waals surface area contributed by atoms with Crippen LogP contribution in [0, 0.1) is 0 Å². The largest absolute Gasteiger partial charge is 0.327 e. The summed E-state index contributed by atoms with van der Waals surface area (Å²) in [5.41, 5.74) is 0. The van der Waals surface area contributed by atoms with Gasteiger partial charge in [-0.3, -0.25) is 0 Å². The summed E-state index contributed by atoms with van der Waals surface area (Å²) in [6, 6.07) is 0. The molecule has 0 unspecified atom stereocenters. The maximum atomic E-state index is 10.4. The Bertz CT molecular complexity index is 49.7. The summed E-state index contributed by atoms with van der Waals surface area (Å²) in [6.07, 6.45) is 1.75. The van der Waals surface area contributed by atoms with Crippen molar-refractivity contribution < 1.29 is 21.9 Å². The molecule has 0 spiro atoms. The molecule has 0 bridgehead atoms. The molecule has 0 aromatic rings. The number of rotatable bonds is 2. The zero-order valence-corrected chi connectivity index (χ0v) is 7.01. The molecule has 0 aliphatic carbocycles. The summed E-state index contributed by atoms with van der Waals surface area (Å²) in [6.45, 7) is 3.93. The fourth-order valence-electron chi connectivity index (χ4n) is 0.250. The molecule has 44 valence electrons. The van der Waals surface area contributed by atoms with Crippen LogP contribution in [0.1, 0.15) is 13.8 Å². The molecule has 0 amide bonds.